The van der Waals surface area contributed by atoms with Crippen molar-refractivity contribution in [2.45, 2.75) is 6.92 Å². The molecule has 10 heteroatoms. The molecule has 29 heavy (non-hydrogen) atoms. The average molecular weight is 412 g/mol. The third kappa shape index (κ3) is 5.36. The number of nitro benzene ring substituents is 1. The SMILES string of the molecule is Cc1ccc(OCC(=O)Nc2cccc(C(=O)Nc3nccs3)c2)c([N+](=O)[O-])c1. The van der Waals surface area contributed by atoms with Gasteiger partial charge in [-0.25, -0.2) is 4.98 Å². The molecule has 2 amide bonds. The molecule has 0 aliphatic heterocycles. The number of aromatic nitrogens is 1. The largest absolute Gasteiger partial charge is 0.477 e. The maximum atomic E-state index is 12.2. The molecule has 0 saturated carbocycles. The predicted molar refractivity (Wildman–Crippen MR) is 108 cm³/mol. The van der Waals surface area contributed by atoms with E-state index in [2.05, 4.69) is 15.6 Å². The molecule has 1 aromatic heterocycles. The van der Waals surface area contributed by atoms with Crippen molar-refractivity contribution in [2.75, 3.05) is 17.2 Å². The number of nitrogens with zero attached hydrogens (tertiary/aromatic N) is 2. The second-order valence-corrected chi connectivity index (χ2v) is 6.83. The smallest absolute Gasteiger partial charge is 0.311 e. The summed E-state index contributed by atoms with van der Waals surface area (Å²) in [6, 6.07) is 10.8. The van der Waals surface area contributed by atoms with Gasteiger partial charge in [0.1, 0.15) is 0 Å². The summed E-state index contributed by atoms with van der Waals surface area (Å²) in [4.78, 5) is 38.9. The van der Waals surface area contributed by atoms with Crippen LogP contribution in [0.3, 0.4) is 0 Å². The number of rotatable bonds is 7. The highest BCUT2D eigenvalue weighted by molar-refractivity contribution is 7.13. The highest BCUT2D eigenvalue weighted by Gasteiger charge is 2.16. The summed E-state index contributed by atoms with van der Waals surface area (Å²) >= 11 is 1.29. The second-order valence-electron chi connectivity index (χ2n) is 5.94. The second kappa shape index (κ2) is 8.93. The molecule has 0 spiro atoms. The van der Waals surface area contributed by atoms with Crippen molar-refractivity contribution in [1.29, 1.82) is 0 Å². The first-order valence-electron chi connectivity index (χ1n) is 8.41. The van der Waals surface area contributed by atoms with Crippen molar-refractivity contribution < 1.29 is 19.2 Å². The molecule has 0 saturated heterocycles. The Labute approximate surface area is 169 Å². The Morgan fingerprint density at radius 2 is 2.03 bits per heavy atom. The van der Waals surface area contributed by atoms with E-state index in [1.54, 1.807) is 42.8 Å². The Kier molecular flexibility index (Phi) is 6.15. The monoisotopic (exact) mass is 412 g/mol. The van der Waals surface area contributed by atoms with Gasteiger partial charge in [-0.15, -0.1) is 11.3 Å². The van der Waals surface area contributed by atoms with Gasteiger partial charge >= 0.3 is 5.69 Å². The van der Waals surface area contributed by atoms with Crippen LogP contribution in [0, 0.1) is 17.0 Å². The number of aryl methyl sites for hydroxylation is 1. The molecule has 2 aromatic carbocycles. The predicted octanol–water partition coefficient (Wildman–Crippen LogP) is 3.63. The highest BCUT2D eigenvalue weighted by atomic mass is 32.1. The van der Waals surface area contributed by atoms with E-state index in [1.807, 2.05) is 0 Å². The van der Waals surface area contributed by atoms with Crippen molar-refractivity contribution in [3.63, 3.8) is 0 Å². The Balaban J connectivity index is 1.61. The zero-order valence-electron chi connectivity index (χ0n) is 15.2. The number of hydrogen-bond acceptors (Lipinski definition) is 7. The lowest BCUT2D eigenvalue weighted by Gasteiger charge is -2.09. The van der Waals surface area contributed by atoms with Crippen molar-refractivity contribution in [1.82, 2.24) is 4.98 Å². The first-order chi connectivity index (χ1) is 13.9. The fourth-order valence-electron chi connectivity index (χ4n) is 2.43. The molecule has 3 aromatic rings. The van der Waals surface area contributed by atoms with E-state index in [0.717, 1.165) is 0 Å². The number of amides is 2. The van der Waals surface area contributed by atoms with Crippen LogP contribution < -0.4 is 15.4 Å². The normalized spacial score (nSPS) is 10.2. The Morgan fingerprint density at radius 1 is 1.21 bits per heavy atom. The quantitative estimate of drug-likeness (QED) is 0.451. The summed E-state index contributed by atoms with van der Waals surface area (Å²) in [5.41, 5.74) is 1.23. The molecule has 148 valence electrons. The number of thiazole rings is 1. The van der Waals surface area contributed by atoms with E-state index in [0.29, 0.717) is 21.9 Å². The molecule has 0 atom stereocenters. The summed E-state index contributed by atoms with van der Waals surface area (Å²) in [6.07, 6.45) is 1.58. The lowest BCUT2D eigenvalue weighted by Crippen LogP contribution is -2.21. The minimum atomic E-state index is -0.565. The summed E-state index contributed by atoms with van der Waals surface area (Å²) in [6.45, 7) is 1.31. The molecule has 0 aliphatic carbocycles. The van der Waals surface area contributed by atoms with Crippen molar-refractivity contribution in [2.24, 2.45) is 0 Å². The van der Waals surface area contributed by atoms with Crippen molar-refractivity contribution >= 4 is 39.7 Å². The highest BCUT2D eigenvalue weighted by Crippen LogP contribution is 2.27. The first-order valence-corrected chi connectivity index (χ1v) is 9.29. The molecular weight excluding hydrogens is 396 g/mol. The van der Waals surface area contributed by atoms with Crippen LogP contribution in [-0.4, -0.2) is 28.3 Å². The van der Waals surface area contributed by atoms with E-state index in [-0.39, 0.29) is 17.3 Å². The molecule has 0 bridgehead atoms. The Hall–Kier alpha value is -3.79. The minimum Gasteiger partial charge on any atom is -0.477 e. The van der Waals surface area contributed by atoms with Crippen LogP contribution in [0.25, 0.3) is 0 Å². The molecule has 1 heterocycles. The van der Waals surface area contributed by atoms with E-state index in [1.165, 1.54) is 29.5 Å². The molecule has 0 aliphatic rings. The van der Waals surface area contributed by atoms with Crippen LogP contribution in [0.15, 0.2) is 54.0 Å². The summed E-state index contributed by atoms with van der Waals surface area (Å²) < 4.78 is 5.30. The topological polar surface area (TPSA) is 123 Å². The van der Waals surface area contributed by atoms with Gasteiger partial charge in [0.2, 0.25) is 0 Å². The lowest BCUT2D eigenvalue weighted by atomic mass is 10.2. The zero-order chi connectivity index (χ0) is 20.8. The van der Waals surface area contributed by atoms with E-state index >= 15 is 0 Å². The molecule has 2 N–H and O–H groups in total. The number of nitro groups is 1. The average Bonchev–Trinajstić information content (AvgIpc) is 3.20. The van der Waals surface area contributed by atoms with Gasteiger partial charge in [0, 0.05) is 28.9 Å². The van der Waals surface area contributed by atoms with Gasteiger partial charge in [-0.2, -0.15) is 0 Å². The number of benzene rings is 2. The molecule has 3 rings (SSSR count). The first kappa shape index (κ1) is 20.0. The standard InChI is InChI=1S/C19H16N4O5S/c1-12-5-6-16(15(9-12)23(26)27)28-11-17(24)21-14-4-2-3-13(10-14)18(25)22-19-20-7-8-29-19/h2-10H,11H2,1H3,(H,21,24)(H,20,22,25). The lowest BCUT2D eigenvalue weighted by molar-refractivity contribution is -0.385. The molecule has 0 fully saturated rings. The number of nitrogens with one attached hydrogen (secondary N) is 2. The van der Waals surface area contributed by atoms with Crippen molar-refractivity contribution in [3.8, 4) is 5.75 Å². The Bertz CT molecular complexity index is 1050. The van der Waals surface area contributed by atoms with E-state index in [9.17, 15) is 19.7 Å². The number of ether oxygens (including phenoxy) is 1. The van der Waals surface area contributed by atoms with Gasteiger partial charge in [0.05, 0.1) is 4.92 Å². The zero-order valence-corrected chi connectivity index (χ0v) is 16.1. The fourth-order valence-corrected chi connectivity index (χ4v) is 2.95. The number of carbonyl (C=O) groups is 2. The van der Waals surface area contributed by atoms with Gasteiger partial charge in [-0.05, 0) is 36.8 Å². The van der Waals surface area contributed by atoms with Gasteiger partial charge in [0.15, 0.2) is 17.5 Å². The summed E-state index contributed by atoms with van der Waals surface area (Å²) in [7, 11) is 0. The van der Waals surface area contributed by atoms with Crippen LogP contribution in [0.2, 0.25) is 0 Å². The van der Waals surface area contributed by atoms with E-state index < -0.39 is 17.4 Å². The molecule has 9 nitrogen and oxygen atoms in total. The van der Waals surface area contributed by atoms with Crippen LogP contribution in [0.1, 0.15) is 15.9 Å². The number of anilines is 2. The summed E-state index contributed by atoms with van der Waals surface area (Å²) in [5.74, 6) is -0.868. The number of hydrogen-bond donors (Lipinski definition) is 2. The van der Waals surface area contributed by atoms with Crippen LogP contribution in [0.4, 0.5) is 16.5 Å². The Morgan fingerprint density at radius 3 is 2.76 bits per heavy atom. The maximum Gasteiger partial charge on any atom is 0.311 e. The molecule has 0 unspecified atom stereocenters. The summed E-state index contributed by atoms with van der Waals surface area (Å²) in [5, 5.41) is 18.6. The third-order valence-electron chi connectivity index (χ3n) is 3.73. The minimum absolute atomic E-state index is 0.00678. The fraction of sp³-hybridized carbons (Fsp3) is 0.105. The van der Waals surface area contributed by atoms with E-state index in [4.69, 9.17) is 4.74 Å². The number of carbonyl (C=O) groups excluding carboxylic acids is 2. The van der Waals surface area contributed by atoms with Gasteiger partial charge in [0.25, 0.3) is 11.8 Å². The van der Waals surface area contributed by atoms with Crippen LogP contribution in [0.5, 0.6) is 5.75 Å². The molecular formula is C19H16N4O5S. The van der Waals surface area contributed by atoms with Crippen LogP contribution >= 0.6 is 11.3 Å². The van der Waals surface area contributed by atoms with Gasteiger partial charge in [-0.1, -0.05) is 12.1 Å². The van der Waals surface area contributed by atoms with Gasteiger partial charge in [-0.3, -0.25) is 25.0 Å². The maximum absolute atomic E-state index is 12.2. The van der Waals surface area contributed by atoms with Crippen LogP contribution in [-0.2, 0) is 4.79 Å². The van der Waals surface area contributed by atoms with Crippen molar-refractivity contribution in [3.05, 3.63) is 75.3 Å². The third-order valence-corrected chi connectivity index (χ3v) is 4.42. The van der Waals surface area contributed by atoms with Gasteiger partial charge < -0.3 is 10.1 Å². The molecule has 0 radical (unpaired) electrons.